The molecule has 0 saturated carbocycles. The van der Waals surface area contributed by atoms with E-state index in [0.29, 0.717) is 0 Å². The van der Waals surface area contributed by atoms with Gasteiger partial charge in [-0.1, -0.05) is 0 Å². The maximum absolute atomic E-state index is 10.2. The molecule has 0 heterocycles. The fraction of sp³-hybridized carbons (Fsp3) is 1.00. The molecule has 0 spiro atoms. The zero-order chi connectivity index (χ0) is 41.2. The van der Waals surface area contributed by atoms with Crippen molar-refractivity contribution in [3.63, 3.8) is 0 Å². The van der Waals surface area contributed by atoms with Crippen LogP contribution in [0.25, 0.3) is 0 Å². The third-order valence-corrected chi connectivity index (χ3v) is 7.86. The zero-order valence-electron chi connectivity index (χ0n) is 27.5. The van der Waals surface area contributed by atoms with Crippen molar-refractivity contribution in [2.75, 3.05) is 79.3 Å². The van der Waals surface area contributed by atoms with Crippen molar-refractivity contribution in [3.8, 4) is 0 Å². The summed E-state index contributed by atoms with van der Waals surface area (Å²) < 4.78 is 83.8. The van der Waals surface area contributed by atoms with Gasteiger partial charge in [0.05, 0.1) is 142 Å². The molecule has 0 aromatic rings. The second kappa shape index (κ2) is 33.6. The molecule has 0 rings (SSSR count). The first-order chi connectivity index (χ1) is 22.6. The predicted molar refractivity (Wildman–Crippen MR) is 131 cm³/mol. The Balaban J connectivity index is -0.000000121. The smallest absolute Gasteiger partial charge is 0.790 e. The van der Waals surface area contributed by atoms with Crippen LogP contribution in [-0.4, -0.2) is 110 Å². The average molecular weight is 1430 g/mol. The van der Waals surface area contributed by atoms with Crippen molar-refractivity contribution in [1.82, 2.24) is 0 Å². The summed E-state index contributed by atoms with van der Waals surface area (Å²) in [7, 11) is -32.1. The quantitative estimate of drug-likeness (QED) is 0.0489. The van der Waals surface area contributed by atoms with E-state index in [0.717, 1.165) is 0 Å². The molecule has 0 radical (unpaired) electrons. The summed E-state index contributed by atoms with van der Waals surface area (Å²) in [5, 5.41) is 53.2. The van der Waals surface area contributed by atoms with E-state index >= 15 is 0 Å². The summed E-state index contributed by atoms with van der Waals surface area (Å²) in [6.45, 7) is -11.8. The van der Waals surface area contributed by atoms with Gasteiger partial charge in [0, 0.05) is 0 Å². The van der Waals surface area contributed by atoms with E-state index in [2.05, 4.69) is 27.1 Å². The molecule has 312 valence electrons. The monoisotopic (exact) mass is 1430 g/mol. The number of rotatable bonds is 24. The van der Waals surface area contributed by atoms with Gasteiger partial charge < -0.3 is 144 Å². The van der Waals surface area contributed by atoms with Crippen LogP contribution in [0, 0.1) is 159 Å². The molecule has 0 aliphatic carbocycles. The summed E-state index contributed by atoms with van der Waals surface area (Å²) >= 11 is 0. The third kappa shape index (κ3) is 45.6. The minimum absolute atomic E-state index is 0. The molecule has 30 nitrogen and oxygen atoms in total. The van der Waals surface area contributed by atoms with Gasteiger partial charge in [-0.25, -0.2) is 0 Å². The minimum Gasteiger partial charge on any atom is -0.790 e. The Labute approximate surface area is 423 Å². The molecule has 0 aliphatic heterocycles. The molecular weight excluding hydrogens is 1400 g/mol. The largest absolute Gasteiger partial charge is 3.00 e. The first-order valence-corrected chi connectivity index (χ1v) is 21.0. The first-order valence-electron chi connectivity index (χ1n) is 12.3. The third-order valence-electron chi connectivity index (χ3n) is 5.19. The molecule has 0 saturated heterocycles. The molecule has 0 fully saturated rings. The van der Waals surface area contributed by atoms with Gasteiger partial charge in [-0.2, -0.15) is 0 Å². The van der Waals surface area contributed by atoms with Crippen LogP contribution in [0.4, 0.5) is 0 Å². The summed E-state index contributed by atoms with van der Waals surface area (Å²) in [4.78, 5) is 122. The number of aliphatic hydroxyl groups excluding tert-OH is 6. The summed E-state index contributed by atoms with van der Waals surface area (Å²) in [6.07, 6.45) is 0. The number of hydrogen-bond acceptors (Lipinski definition) is 30. The van der Waals surface area contributed by atoms with Crippen LogP contribution in [0.5, 0.6) is 0 Å². The standard InChI is InChI=1S/3C5H14O10P2.4La/c3*6-1-5(2-7,3-14-16(8,9)10)4-15-17(11,12)13;;;;/h3*6-7H,1-4H2,(H2,8,9,10)(H2,11,12,13);;;;/q;;;4*+3/p-12. The first kappa shape index (κ1) is 74.5. The Bertz CT molecular complexity index is 1030. The van der Waals surface area contributed by atoms with E-state index < -0.39 is 142 Å². The number of phosphoric acid groups is 6. The van der Waals surface area contributed by atoms with Crippen LogP contribution in [0.15, 0.2) is 0 Å². The Morgan fingerprint density at radius 3 is 0.436 bits per heavy atom. The van der Waals surface area contributed by atoms with E-state index in [4.69, 9.17) is 30.6 Å². The van der Waals surface area contributed by atoms with Crippen LogP contribution < -0.4 is 58.7 Å². The van der Waals surface area contributed by atoms with Gasteiger partial charge in [-0.3, -0.25) is 0 Å². The number of aliphatic hydroxyl groups is 6. The van der Waals surface area contributed by atoms with Crippen molar-refractivity contribution < 1.29 is 286 Å². The summed E-state index contributed by atoms with van der Waals surface area (Å²) in [5.74, 6) is 0. The van der Waals surface area contributed by atoms with E-state index in [1.165, 1.54) is 0 Å². The van der Waals surface area contributed by atoms with Crippen molar-refractivity contribution in [1.29, 1.82) is 0 Å². The van der Waals surface area contributed by atoms with Gasteiger partial charge in [0.15, 0.2) is 0 Å². The van der Waals surface area contributed by atoms with E-state index in [-0.39, 0.29) is 142 Å². The molecule has 0 bridgehead atoms. The van der Waals surface area contributed by atoms with E-state index in [1.807, 2.05) is 0 Å². The minimum atomic E-state index is -5.36. The van der Waals surface area contributed by atoms with Crippen LogP contribution in [0.2, 0.25) is 0 Å². The summed E-state index contributed by atoms with van der Waals surface area (Å²) in [6, 6.07) is 0. The summed E-state index contributed by atoms with van der Waals surface area (Å²) in [5.41, 5.74) is -5.64. The van der Waals surface area contributed by atoms with Gasteiger partial charge in [-0.15, -0.1) is 0 Å². The molecule has 55 heavy (non-hydrogen) atoms. The normalized spacial score (nSPS) is 13.0. The molecule has 0 aliphatic rings. The van der Waals surface area contributed by atoms with Crippen LogP contribution in [0.3, 0.4) is 0 Å². The van der Waals surface area contributed by atoms with Gasteiger partial charge in [-0.05, 0) is 0 Å². The molecule has 0 atom stereocenters. The second-order valence-electron chi connectivity index (χ2n) is 9.77. The molecule has 6 N–H and O–H groups in total. The van der Waals surface area contributed by atoms with Crippen LogP contribution in [-0.2, 0) is 54.5 Å². The molecule has 0 aromatic heterocycles. The fourth-order valence-corrected chi connectivity index (χ4v) is 4.71. The maximum atomic E-state index is 10.2. The van der Waals surface area contributed by atoms with Crippen molar-refractivity contribution in [2.24, 2.45) is 16.2 Å². The zero-order valence-corrected chi connectivity index (χ0v) is 47.3. The van der Waals surface area contributed by atoms with Crippen molar-refractivity contribution in [2.45, 2.75) is 0 Å². The van der Waals surface area contributed by atoms with Gasteiger partial charge in [0.2, 0.25) is 0 Å². The Hall–Kier alpha value is 5.20. The van der Waals surface area contributed by atoms with Crippen molar-refractivity contribution >= 4 is 46.9 Å². The van der Waals surface area contributed by atoms with E-state index in [9.17, 15) is 86.1 Å². The fourth-order valence-electron chi connectivity index (χ4n) is 2.12. The van der Waals surface area contributed by atoms with Crippen LogP contribution >= 0.6 is 46.9 Å². The predicted octanol–water partition coefficient (Wildman–Crippen LogP) is -13.1. The average Bonchev–Trinajstić information content (AvgIpc) is 2.96. The molecule has 0 aromatic carbocycles. The topological polar surface area (TPSA) is 556 Å². The van der Waals surface area contributed by atoms with Gasteiger partial charge >= 0.3 is 142 Å². The van der Waals surface area contributed by atoms with Gasteiger partial charge in [0.1, 0.15) is 0 Å². The van der Waals surface area contributed by atoms with Crippen molar-refractivity contribution in [3.05, 3.63) is 0 Å². The number of hydrogen-bond donors (Lipinski definition) is 6. The Morgan fingerprint density at radius 2 is 0.382 bits per heavy atom. The Morgan fingerprint density at radius 1 is 0.291 bits per heavy atom. The van der Waals surface area contributed by atoms with Crippen LogP contribution in [0.1, 0.15) is 0 Å². The van der Waals surface area contributed by atoms with E-state index in [1.54, 1.807) is 0 Å². The second-order valence-corrected chi connectivity index (χ2v) is 16.7. The molecule has 0 unspecified atom stereocenters. The SMILES string of the molecule is O=P([O-])([O-])OCC(CO)(CO)COP(=O)([O-])[O-].O=P([O-])([O-])OCC(CO)(CO)COP(=O)([O-])[O-].O=P([O-])([O-])OCC(CO)(CO)COP(=O)([O-])[O-].[La+3].[La+3].[La+3].[La+3]. The number of phosphoric ester groups is 6. The molecule has 40 heteroatoms. The molecular formula is C15H30La4O30P6. The maximum Gasteiger partial charge on any atom is 3.00 e. The molecule has 0 amide bonds. The Kier molecular flexibility index (Phi) is 45.6. The van der Waals surface area contributed by atoms with Gasteiger partial charge in [0.25, 0.3) is 0 Å².